The third-order valence-corrected chi connectivity index (χ3v) is 4.50. The summed E-state index contributed by atoms with van der Waals surface area (Å²) in [5, 5.41) is 9.46. The Morgan fingerprint density at radius 2 is 2.10 bits per heavy atom. The van der Waals surface area contributed by atoms with Gasteiger partial charge in [-0.25, -0.2) is 4.39 Å². The van der Waals surface area contributed by atoms with Crippen LogP contribution in [0.25, 0.3) is 0 Å². The molecule has 1 aromatic heterocycles. The third kappa shape index (κ3) is 3.06. The van der Waals surface area contributed by atoms with E-state index in [1.165, 1.54) is 6.07 Å². The Morgan fingerprint density at radius 1 is 1.33 bits per heavy atom. The van der Waals surface area contributed by atoms with Crippen LogP contribution in [0.5, 0.6) is 0 Å². The molecule has 2 aliphatic heterocycles. The van der Waals surface area contributed by atoms with E-state index in [4.69, 9.17) is 4.74 Å². The van der Waals surface area contributed by atoms with E-state index in [0.29, 0.717) is 24.8 Å². The predicted molar refractivity (Wildman–Crippen MR) is 73.5 cm³/mol. The van der Waals surface area contributed by atoms with E-state index in [1.54, 1.807) is 6.07 Å². The van der Waals surface area contributed by atoms with Crippen LogP contribution in [-0.2, 0) is 9.53 Å². The van der Waals surface area contributed by atoms with Gasteiger partial charge < -0.3 is 9.84 Å². The molecule has 3 rings (SSSR count). The smallest absolute Gasteiger partial charge is 0.308 e. The van der Waals surface area contributed by atoms with Crippen molar-refractivity contribution in [3.63, 3.8) is 0 Å². The Bertz CT molecular complexity index is 502. The number of aliphatic carboxylic acids is 1. The lowest BCUT2D eigenvalue weighted by molar-refractivity contribution is -0.141. The van der Waals surface area contributed by atoms with Gasteiger partial charge >= 0.3 is 5.97 Å². The average Bonchev–Trinajstić information content (AvgIpc) is 2.94. The molecule has 1 aromatic rings. The Kier molecular flexibility index (Phi) is 4.17. The molecule has 0 spiro atoms. The van der Waals surface area contributed by atoms with Crippen LogP contribution in [0.3, 0.4) is 0 Å². The number of rotatable bonds is 3. The Balaban J connectivity index is 1.78. The number of halogens is 1. The van der Waals surface area contributed by atoms with Gasteiger partial charge in [0.15, 0.2) is 0 Å². The largest absolute Gasteiger partial charge is 0.481 e. The van der Waals surface area contributed by atoms with E-state index in [1.807, 2.05) is 0 Å². The zero-order chi connectivity index (χ0) is 14.8. The number of carboxylic acid groups (broad SMARTS) is 1. The second kappa shape index (κ2) is 6.07. The summed E-state index contributed by atoms with van der Waals surface area (Å²) in [5.41, 5.74) is 0.665. The van der Waals surface area contributed by atoms with Crippen molar-refractivity contribution in [3.05, 3.63) is 29.8 Å². The summed E-state index contributed by atoms with van der Waals surface area (Å²) in [7, 11) is 0. The maximum atomic E-state index is 13.0. The SMILES string of the molecule is O=C(O)[C@H]1CN(C2CCOCC2)C[C@@H]1c1ccc(F)cn1. The molecule has 0 bridgehead atoms. The lowest BCUT2D eigenvalue weighted by Gasteiger charge is -2.31. The summed E-state index contributed by atoms with van der Waals surface area (Å²) < 4.78 is 18.4. The molecule has 2 fully saturated rings. The molecule has 0 unspecified atom stereocenters. The molecule has 3 heterocycles. The number of carboxylic acids is 1. The maximum absolute atomic E-state index is 13.0. The fourth-order valence-electron chi connectivity index (χ4n) is 3.34. The molecule has 2 saturated heterocycles. The van der Waals surface area contributed by atoms with Crippen molar-refractivity contribution < 1.29 is 19.0 Å². The van der Waals surface area contributed by atoms with Crippen LogP contribution in [0, 0.1) is 11.7 Å². The van der Waals surface area contributed by atoms with Gasteiger partial charge in [0.25, 0.3) is 0 Å². The fraction of sp³-hybridized carbons (Fsp3) is 0.600. The van der Waals surface area contributed by atoms with Crippen LogP contribution >= 0.6 is 0 Å². The van der Waals surface area contributed by atoms with Crippen LogP contribution in [0.1, 0.15) is 24.5 Å². The lowest BCUT2D eigenvalue weighted by Crippen LogP contribution is -2.38. The van der Waals surface area contributed by atoms with Crippen LogP contribution in [0.15, 0.2) is 18.3 Å². The van der Waals surface area contributed by atoms with Gasteiger partial charge in [-0.3, -0.25) is 14.7 Å². The molecule has 0 aliphatic carbocycles. The van der Waals surface area contributed by atoms with Crippen LogP contribution in [0.4, 0.5) is 4.39 Å². The molecule has 114 valence electrons. The first-order valence-corrected chi connectivity index (χ1v) is 7.31. The summed E-state index contributed by atoms with van der Waals surface area (Å²) in [6.07, 6.45) is 3.04. The minimum atomic E-state index is -0.805. The minimum Gasteiger partial charge on any atom is -0.481 e. The maximum Gasteiger partial charge on any atom is 0.308 e. The molecule has 6 heteroatoms. The highest BCUT2D eigenvalue weighted by Crippen LogP contribution is 2.34. The Hall–Kier alpha value is -1.53. The summed E-state index contributed by atoms with van der Waals surface area (Å²) in [6.45, 7) is 2.67. The van der Waals surface area contributed by atoms with E-state index in [0.717, 1.165) is 32.3 Å². The first-order valence-electron chi connectivity index (χ1n) is 7.31. The molecule has 0 saturated carbocycles. The zero-order valence-corrected chi connectivity index (χ0v) is 11.7. The molecule has 2 aliphatic rings. The van der Waals surface area contributed by atoms with Gasteiger partial charge in [-0.05, 0) is 25.0 Å². The molecule has 1 N–H and O–H groups in total. The van der Waals surface area contributed by atoms with Gasteiger partial charge in [-0.1, -0.05) is 0 Å². The van der Waals surface area contributed by atoms with Gasteiger partial charge in [0.2, 0.25) is 0 Å². The number of aromatic nitrogens is 1. The predicted octanol–water partition coefficient (Wildman–Crippen LogP) is 1.50. The number of hydrogen-bond acceptors (Lipinski definition) is 4. The van der Waals surface area contributed by atoms with E-state index >= 15 is 0 Å². The third-order valence-electron chi connectivity index (χ3n) is 4.50. The highest BCUT2D eigenvalue weighted by atomic mass is 19.1. The number of nitrogens with zero attached hydrogens (tertiary/aromatic N) is 2. The normalized spacial score (nSPS) is 27.9. The van der Waals surface area contributed by atoms with Crippen molar-refractivity contribution >= 4 is 5.97 Å². The van der Waals surface area contributed by atoms with Crippen molar-refractivity contribution in [1.82, 2.24) is 9.88 Å². The summed E-state index contributed by atoms with van der Waals surface area (Å²) in [4.78, 5) is 17.8. The van der Waals surface area contributed by atoms with Crippen molar-refractivity contribution in [2.24, 2.45) is 5.92 Å². The van der Waals surface area contributed by atoms with Crippen LogP contribution in [-0.4, -0.2) is 53.3 Å². The van der Waals surface area contributed by atoms with Crippen molar-refractivity contribution in [2.75, 3.05) is 26.3 Å². The number of likely N-dealkylation sites (tertiary alicyclic amines) is 1. The highest BCUT2D eigenvalue weighted by Gasteiger charge is 2.41. The van der Waals surface area contributed by atoms with E-state index in [2.05, 4.69) is 9.88 Å². The fourth-order valence-corrected chi connectivity index (χ4v) is 3.34. The quantitative estimate of drug-likeness (QED) is 0.915. The first-order chi connectivity index (χ1) is 10.1. The van der Waals surface area contributed by atoms with E-state index in [9.17, 15) is 14.3 Å². The number of pyridine rings is 1. The molecule has 21 heavy (non-hydrogen) atoms. The molecule has 5 nitrogen and oxygen atoms in total. The van der Waals surface area contributed by atoms with Crippen molar-refractivity contribution in [1.29, 1.82) is 0 Å². The van der Waals surface area contributed by atoms with E-state index < -0.39 is 17.7 Å². The summed E-state index contributed by atoms with van der Waals surface area (Å²) >= 11 is 0. The molecule has 0 amide bonds. The first kappa shape index (κ1) is 14.4. The summed E-state index contributed by atoms with van der Waals surface area (Å²) in [5.74, 6) is -1.86. The second-order valence-electron chi connectivity index (χ2n) is 5.75. The summed E-state index contributed by atoms with van der Waals surface area (Å²) in [6, 6.07) is 3.33. The van der Waals surface area contributed by atoms with Gasteiger partial charge in [0, 0.05) is 44.0 Å². The molecule has 0 aromatic carbocycles. The van der Waals surface area contributed by atoms with Crippen molar-refractivity contribution in [2.45, 2.75) is 24.8 Å². The Morgan fingerprint density at radius 3 is 2.71 bits per heavy atom. The Labute approximate surface area is 122 Å². The topological polar surface area (TPSA) is 62.7 Å². The van der Waals surface area contributed by atoms with Gasteiger partial charge in [-0.2, -0.15) is 0 Å². The van der Waals surface area contributed by atoms with Gasteiger partial charge in [-0.15, -0.1) is 0 Å². The lowest BCUT2D eigenvalue weighted by atomic mass is 9.92. The van der Waals surface area contributed by atoms with Gasteiger partial charge in [0.1, 0.15) is 5.82 Å². The minimum absolute atomic E-state index is 0.175. The van der Waals surface area contributed by atoms with Crippen LogP contribution < -0.4 is 0 Å². The average molecular weight is 294 g/mol. The standard InChI is InChI=1S/C15H19FN2O3/c16-10-1-2-14(17-7-10)12-8-18(9-13(12)15(19)20)11-3-5-21-6-4-11/h1-2,7,11-13H,3-6,8-9H2,(H,19,20)/t12-,13-/m0/s1. The molecule has 2 atom stereocenters. The monoisotopic (exact) mass is 294 g/mol. The molecular formula is C15H19FN2O3. The zero-order valence-electron chi connectivity index (χ0n) is 11.7. The van der Waals surface area contributed by atoms with Gasteiger partial charge in [0.05, 0.1) is 12.1 Å². The number of ether oxygens (including phenoxy) is 1. The van der Waals surface area contributed by atoms with E-state index in [-0.39, 0.29) is 5.92 Å². The highest BCUT2D eigenvalue weighted by molar-refractivity contribution is 5.72. The number of carbonyl (C=O) groups is 1. The molecule has 0 radical (unpaired) electrons. The van der Waals surface area contributed by atoms with Crippen molar-refractivity contribution in [3.8, 4) is 0 Å². The second-order valence-corrected chi connectivity index (χ2v) is 5.75. The number of hydrogen-bond donors (Lipinski definition) is 1. The van der Waals surface area contributed by atoms with Crippen LogP contribution in [0.2, 0.25) is 0 Å². The molecular weight excluding hydrogens is 275 g/mol.